The van der Waals surface area contributed by atoms with Gasteiger partial charge in [0.05, 0.1) is 22.3 Å². The molecule has 138 valence electrons. The Morgan fingerprint density at radius 1 is 1.23 bits per heavy atom. The standard InChI is InChI=1S/C16H17N3O5S2/c1-12-11-25(21,22)19(16(12)20)14-4-6-15(7-5-14)26(23,24)18-10-13-3-2-8-17-9-13/h2-9,12,18H,10-11H2,1H3/t12-/m1/s1. The maximum absolute atomic E-state index is 12.4. The van der Waals surface area contributed by atoms with E-state index in [1.807, 2.05) is 0 Å². The van der Waals surface area contributed by atoms with E-state index in [0.717, 1.165) is 4.31 Å². The van der Waals surface area contributed by atoms with Crippen LogP contribution in [0.4, 0.5) is 5.69 Å². The number of nitrogens with one attached hydrogen (secondary N) is 1. The summed E-state index contributed by atoms with van der Waals surface area (Å²) in [5, 5.41) is 0. The van der Waals surface area contributed by atoms with Crippen LogP contribution in [0, 0.1) is 5.92 Å². The third-order valence-electron chi connectivity index (χ3n) is 3.93. The summed E-state index contributed by atoms with van der Waals surface area (Å²) < 4.78 is 52.1. The average Bonchev–Trinajstić information content (AvgIpc) is 2.81. The summed E-state index contributed by atoms with van der Waals surface area (Å²) >= 11 is 0. The molecule has 1 aromatic carbocycles. The summed E-state index contributed by atoms with van der Waals surface area (Å²) in [6.45, 7) is 1.62. The van der Waals surface area contributed by atoms with Gasteiger partial charge in [-0.25, -0.2) is 25.9 Å². The Morgan fingerprint density at radius 2 is 1.92 bits per heavy atom. The zero-order chi connectivity index (χ0) is 18.9. The number of aromatic nitrogens is 1. The molecule has 0 saturated carbocycles. The van der Waals surface area contributed by atoms with E-state index >= 15 is 0 Å². The third-order valence-corrected chi connectivity index (χ3v) is 7.22. The molecule has 0 aliphatic carbocycles. The second-order valence-corrected chi connectivity index (χ2v) is 9.59. The van der Waals surface area contributed by atoms with Gasteiger partial charge in [0.2, 0.25) is 26.0 Å². The quantitative estimate of drug-likeness (QED) is 0.804. The Labute approximate surface area is 152 Å². The van der Waals surface area contributed by atoms with Crippen LogP contribution in [0.5, 0.6) is 0 Å². The maximum Gasteiger partial charge on any atom is 0.244 e. The number of rotatable bonds is 5. The number of sulfonamides is 2. The fourth-order valence-electron chi connectivity index (χ4n) is 2.61. The van der Waals surface area contributed by atoms with Crippen LogP contribution >= 0.6 is 0 Å². The van der Waals surface area contributed by atoms with E-state index in [4.69, 9.17) is 0 Å². The van der Waals surface area contributed by atoms with Gasteiger partial charge in [-0.1, -0.05) is 13.0 Å². The molecule has 2 aromatic rings. The fraction of sp³-hybridized carbons (Fsp3) is 0.250. The molecule has 26 heavy (non-hydrogen) atoms. The first-order valence-electron chi connectivity index (χ1n) is 7.76. The Morgan fingerprint density at radius 3 is 2.46 bits per heavy atom. The molecule has 0 unspecified atom stereocenters. The topological polar surface area (TPSA) is 114 Å². The first-order valence-corrected chi connectivity index (χ1v) is 10.9. The summed E-state index contributed by atoms with van der Waals surface area (Å²) in [4.78, 5) is 16.0. The maximum atomic E-state index is 12.4. The molecule has 10 heteroatoms. The lowest BCUT2D eigenvalue weighted by Gasteiger charge is -2.15. The van der Waals surface area contributed by atoms with Gasteiger partial charge in [-0.3, -0.25) is 9.78 Å². The molecule has 1 aromatic heterocycles. The first kappa shape index (κ1) is 18.5. The number of benzene rings is 1. The van der Waals surface area contributed by atoms with Crippen LogP contribution in [0.3, 0.4) is 0 Å². The number of hydrogen-bond donors (Lipinski definition) is 1. The predicted octanol–water partition coefficient (Wildman–Crippen LogP) is 0.873. The summed E-state index contributed by atoms with van der Waals surface area (Å²) in [6, 6.07) is 8.61. The molecule has 1 fully saturated rings. The number of carbonyl (C=O) groups is 1. The van der Waals surface area contributed by atoms with E-state index in [-0.39, 0.29) is 22.9 Å². The highest BCUT2D eigenvalue weighted by molar-refractivity contribution is 7.94. The van der Waals surface area contributed by atoms with Crippen molar-refractivity contribution < 1.29 is 21.6 Å². The molecule has 0 radical (unpaired) electrons. The molecule has 1 N–H and O–H groups in total. The minimum absolute atomic E-state index is 0.0257. The normalized spacial score (nSPS) is 19.7. The lowest BCUT2D eigenvalue weighted by atomic mass is 10.2. The van der Waals surface area contributed by atoms with Gasteiger partial charge in [0, 0.05) is 18.9 Å². The number of nitrogens with zero attached hydrogens (tertiary/aromatic N) is 2. The molecule has 1 atom stereocenters. The smallest absolute Gasteiger partial charge is 0.244 e. The van der Waals surface area contributed by atoms with Crippen molar-refractivity contribution in [2.45, 2.75) is 18.4 Å². The minimum atomic E-state index is -3.78. The van der Waals surface area contributed by atoms with Gasteiger partial charge >= 0.3 is 0 Å². The van der Waals surface area contributed by atoms with E-state index < -0.39 is 31.9 Å². The van der Waals surface area contributed by atoms with Crippen LogP contribution in [0.2, 0.25) is 0 Å². The summed E-state index contributed by atoms with van der Waals surface area (Å²) in [7, 11) is -7.50. The van der Waals surface area contributed by atoms with Gasteiger partial charge in [0.1, 0.15) is 0 Å². The number of pyridine rings is 1. The van der Waals surface area contributed by atoms with Gasteiger partial charge in [-0.15, -0.1) is 0 Å². The molecule has 1 aliphatic rings. The second-order valence-electron chi connectivity index (χ2n) is 5.96. The first-order chi connectivity index (χ1) is 12.2. The molecule has 3 rings (SSSR count). The number of carbonyl (C=O) groups excluding carboxylic acids is 1. The van der Waals surface area contributed by atoms with Gasteiger partial charge in [0.15, 0.2) is 0 Å². The van der Waals surface area contributed by atoms with Crippen LogP contribution < -0.4 is 9.03 Å². The Balaban J connectivity index is 1.80. The summed E-state index contributed by atoms with van der Waals surface area (Å²) in [5.74, 6) is -1.39. The van der Waals surface area contributed by atoms with Crippen LogP contribution in [0.1, 0.15) is 12.5 Å². The minimum Gasteiger partial charge on any atom is -0.273 e. The summed E-state index contributed by atoms with van der Waals surface area (Å²) in [6.07, 6.45) is 3.14. The molecular weight excluding hydrogens is 378 g/mol. The highest BCUT2D eigenvalue weighted by Gasteiger charge is 2.41. The van der Waals surface area contributed by atoms with Crippen molar-refractivity contribution in [3.8, 4) is 0 Å². The molecule has 0 bridgehead atoms. The van der Waals surface area contributed by atoms with Crippen LogP contribution in [0.25, 0.3) is 0 Å². The molecule has 8 nitrogen and oxygen atoms in total. The largest absolute Gasteiger partial charge is 0.273 e. The molecule has 0 spiro atoms. The lowest BCUT2D eigenvalue weighted by molar-refractivity contribution is -0.119. The monoisotopic (exact) mass is 395 g/mol. The van der Waals surface area contributed by atoms with E-state index in [9.17, 15) is 21.6 Å². The SMILES string of the molecule is C[C@@H]1CS(=O)(=O)N(c2ccc(S(=O)(=O)NCc3cccnc3)cc2)C1=O. The molecular formula is C16H17N3O5S2. The fourth-order valence-corrected chi connectivity index (χ4v) is 5.45. The van der Waals surface area contributed by atoms with Crippen molar-refractivity contribution >= 4 is 31.6 Å². The Hall–Kier alpha value is -2.30. The predicted molar refractivity (Wildman–Crippen MR) is 95.1 cm³/mol. The van der Waals surface area contributed by atoms with Crippen molar-refractivity contribution in [3.63, 3.8) is 0 Å². The number of hydrogen-bond acceptors (Lipinski definition) is 6. The average molecular weight is 395 g/mol. The van der Waals surface area contributed by atoms with Crippen molar-refractivity contribution in [3.05, 3.63) is 54.4 Å². The highest BCUT2D eigenvalue weighted by Crippen LogP contribution is 2.28. The van der Waals surface area contributed by atoms with E-state index in [2.05, 4.69) is 9.71 Å². The van der Waals surface area contributed by atoms with Crippen molar-refractivity contribution in [1.29, 1.82) is 0 Å². The number of anilines is 1. The van der Waals surface area contributed by atoms with Gasteiger partial charge < -0.3 is 0 Å². The Kier molecular flexibility index (Phi) is 4.82. The number of amides is 1. The van der Waals surface area contributed by atoms with Gasteiger partial charge in [-0.2, -0.15) is 0 Å². The van der Waals surface area contributed by atoms with E-state index in [1.165, 1.54) is 24.3 Å². The van der Waals surface area contributed by atoms with E-state index in [0.29, 0.717) is 5.56 Å². The molecule has 2 heterocycles. The zero-order valence-electron chi connectivity index (χ0n) is 13.9. The van der Waals surface area contributed by atoms with Crippen LogP contribution in [0.15, 0.2) is 53.7 Å². The van der Waals surface area contributed by atoms with Crippen molar-refractivity contribution in [1.82, 2.24) is 9.71 Å². The third kappa shape index (κ3) is 3.62. The second kappa shape index (κ2) is 6.78. The molecule has 1 amide bonds. The zero-order valence-corrected chi connectivity index (χ0v) is 15.5. The lowest BCUT2D eigenvalue weighted by Crippen LogP contribution is -2.30. The van der Waals surface area contributed by atoms with Gasteiger partial charge in [0.25, 0.3) is 0 Å². The Bertz CT molecular complexity index is 1020. The summed E-state index contributed by atoms with van der Waals surface area (Å²) in [5.41, 5.74) is 0.834. The molecule has 1 saturated heterocycles. The molecule has 1 aliphatic heterocycles. The van der Waals surface area contributed by atoms with Crippen LogP contribution in [-0.2, 0) is 31.4 Å². The van der Waals surface area contributed by atoms with Gasteiger partial charge in [-0.05, 0) is 35.9 Å². The van der Waals surface area contributed by atoms with Crippen molar-refractivity contribution in [2.24, 2.45) is 5.92 Å². The van der Waals surface area contributed by atoms with Crippen LogP contribution in [-0.4, -0.2) is 33.5 Å². The van der Waals surface area contributed by atoms with Crippen molar-refractivity contribution in [2.75, 3.05) is 10.1 Å². The van der Waals surface area contributed by atoms with E-state index in [1.54, 1.807) is 31.5 Å². The highest BCUT2D eigenvalue weighted by atomic mass is 32.2.